The summed E-state index contributed by atoms with van der Waals surface area (Å²) in [6.45, 7) is 7.18. The molecule has 0 spiro atoms. The van der Waals surface area contributed by atoms with Crippen LogP contribution in [0.4, 0.5) is 0 Å². The van der Waals surface area contributed by atoms with Crippen LogP contribution in [0.2, 0.25) is 5.02 Å². The zero-order chi connectivity index (χ0) is 23.8. The second-order valence-electron chi connectivity index (χ2n) is 10.5. The molecule has 34 heavy (non-hydrogen) atoms. The summed E-state index contributed by atoms with van der Waals surface area (Å²) in [6, 6.07) is 6.29. The van der Waals surface area contributed by atoms with Crippen molar-refractivity contribution in [2.45, 2.75) is 90.5 Å². The third-order valence-corrected chi connectivity index (χ3v) is 8.81. The molecular formula is C29H37ClN2O2. The highest BCUT2D eigenvalue weighted by molar-refractivity contribution is 6.31. The summed E-state index contributed by atoms with van der Waals surface area (Å²) in [6.07, 6.45) is 10.8. The van der Waals surface area contributed by atoms with Crippen molar-refractivity contribution in [3.8, 4) is 0 Å². The number of carbonyl (C=O) groups excluding carboxylic acids is 1. The highest BCUT2D eigenvalue weighted by atomic mass is 35.5. The van der Waals surface area contributed by atoms with Crippen LogP contribution in [0, 0.1) is 18.8 Å². The molecule has 1 aromatic heterocycles. The molecule has 3 aliphatic rings. The first-order chi connectivity index (χ1) is 16.5. The molecule has 2 atom stereocenters. The van der Waals surface area contributed by atoms with E-state index in [0.717, 1.165) is 35.2 Å². The van der Waals surface area contributed by atoms with Gasteiger partial charge in [0.2, 0.25) is 0 Å². The van der Waals surface area contributed by atoms with Gasteiger partial charge in [0.15, 0.2) is 5.78 Å². The van der Waals surface area contributed by atoms with Gasteiger partial charge in [-0.25, -0.2) is 0 Å². The Morgan fingerprint density at radius 2 is 2.06 bits per heavy atom. The zero-order valence-corrected chi connectivity index (χ0v) is 21.5. The second kappa shape index (κ2) is 9.89. The number of allylic oxidation sites excluding steroid dienone is 1. The average molecular weight is 481 g/mol. The van der Waals surface area contributed by atoms with Gasteiger partial charge in [0.1, 0.15) is 11.5 Å². The van der Waals surface area contributed by atoms with Crippen LogP contribution in [0.5, 0.6) is 0 Å². The van der Waals surface area contributed by atoms with Gasteiger partial charge in [-0.15, -0.1) is 0 Å². The van der Waals surface area contributed by atoms with E-state index < -0.39 is 0 Å². The highest BCUT2D eigenvalue weighted by Gasteiger charge is 2.49. The van der Waals surface area contributed by atoms with Crippen molar-refractivity contribution < 1.29 is 9.53 Å². The maximum atomic E-state index is 13.0. The molecule has 0 N–H and O–H groups in total. The lowest BCUT2D eigenvalue weighted by Gasteiger charge is -2.29. The van der Waals surface area contributed by atoms with Crippen molar-refractivity contribution in [3.05, 3.63) is 57.4 Å². The van der Waals surface area contributed by atoms with E-state index in [9.17, 15) is 4.79 Å². The lowest BCUT2D eigenvalue weighted by molar-refractivity contribution is -0.120. The molecule has 4 nitrogen and oxygen atoms in total. The van der Waals surface area contributed by atoms with E-state index >= 15 is 0 Å². The SMILES string of the molecule is C/C=C(/OCC)c1nn(CC(=O)CCC2CCC(c3cccc(Cl)c3C)CC2)c2c1[C@@H]1C[C@@H]1C2. The number of aromatic nitrogens is 2. The summed E-state index contributed by atoms with van der Waals surface area (Å²) in [5.41, 5.74) is 6.26. The minimum atomic E-state index is 0.309. The van der Waals surface area contributed by atoms with Crippen LogP contribution in [-0.2, 0) is 22.5 Å². The Hall–Kier alpha value is -2.07. The molecule has 0 amide bonds. The maximum Gasteiger partial charge on any atom is 0.154 e. The molecule has 5 heteroatoms. The quantitative estimate of drug-likeness (QED) is 0.355. The van der Waals surface area contributed by atoms with Crippen LogP contribution in [0.3, 0.4) is 0 Å². The number of ether oxygens (including phenoxy) is 1. The first kappa shape index (κ1) is 23.7. The van der Waals surface area contributed by atoms with Crippen molar-refractivity contribution in [2.75, 3.05) is 6.61 Å². The standard InChI is InChI=1S/C29H37ClN2O2/c1-4-27(34-5-2)29-28-24-15-21(24)16-26(28)32(31-29)17-22(33)14-11-19-9-12-20(13-10-19)23-7-6-8-25(30)18(23)3/h4,6-8,19-21,24H,5,9-17H2,1-3H3/b27-4+/t19?,20?,21-,24-/m1/s1. The monoisotopic (exact) mass is 480 g/mol. The van der Waals surface area contributed by atoms with Crippen molar-refractivity contribution in [2.24, 2.45) is 11.8 Å². The van der Waals surface area contributed by atoms with Gasteiger partial charge in [-0.05, 0) is 113 Å². The number of rotatable bonds is 9. The molecular weight excluding hydrogens is 444 g/mol. The van der Waals surface area contributed by atoms with Gasteiger partial charge in [-0.2, -0.15) is 5.10 Å². The molecule has 2 fully saturated rings. The Balaban J connectivity index is 1.16. The minimum Gasteiger partial charge on any atom is -0.492 e. The van der Waals surface area contributed by atoms with Gasteiger partial charge in [0.25, 0.3) is 0 Å². The lowest BCUT2D eigenvalue weighted by Crippen LogP contribution is -2.18. The Morgan fingerprint density at radius 3 is 2.79 bits per heavy atom. The summed E-state index contributed by atoms with van der Waals surface area (Å²) in [7, 11) is 0. The van der Waals surface area contributed by atoms with Crippen LogP contribution in [0.25, 0.3) is 5.76 Å². The van der Waals surface area contributed by atoms with Gasteiger partial charge in [-0.1, -0.05) is 23.7 Å². The minimum absolute atomic E-state index is 0.309. The van der Waals surface area contributed by atoms with Crippen molar-refractivity contribution in [3.63, 3.8) is 0 Å². The number of halogens is 1. The number of Topliss-reactive ketones (excluding diaryl/α,β-unsaturated/α-hetero) is 1. The maximum absolute atomic E-state index is 13.0. The average Bonchev–Trinajstić information content (AvgIpc) is 3.37. The van der Waals surface area contributed by atoms with E-state index in [2.05, 4.69) is 19.1 Å². The van der Waals surface area contributed by atoms with Gasteiger partial charge in [-0.3, -0.25) is 9.48 Å². The third-order valence-electron chi connectivity index (χ3n) is 8.40. The summed E-state index contributed by atoms with van der Waals surface area (Å²) in [5.74, 6) is 3.81. The largest absolute Gasteiger partial charge is 0.492 e. The molecule has 3 aliphatic carbocycles. The first-order valence-corrected chi connectivity index (χ1v) is 13.5. The van der Waals surface area contributed by atoms with Gasteiger partial charge in [0, 0.05) is 22.7 Å². The summed E-state index contributed by atoms with van der Waals surface area (Å²) >= 11 is 6.35. The first-order valence-electron chi connectivity index (χ1n) is 13.2. The highest BCUT2D eigenvalue weighted by Crippen LogP contribution is 2.58. The summed E-state index contributed by atoms with van der Waals surface area (Å²) in [5, 5.41) is 5.76. The van der Waals surface area contributed by atoms with Crippen LogP contribution in [0.1, 0.15) is 98.7 Å². The Kier molecular flexibility index (Phi) is 6.88. The molecule has 5 rings (SSSR count). The number of ketones is 1. The number of nitrogens with zero attached hydrogens (tertiary/aromatic N) is 2. The third kappa shape index (κ3) is 4.58. The molecule has 1 aromatic carbocycles. The lowest BCUT2D eigenvalue weighted by atomic mass is 9.76. The molecule has 0 bridgehead atoms. The van der Waals surface area contributed by atoms with Gasteiger partial charge in [0.05, 0.1) is 13.2 Å². The van der Waals surface area contributed by atoms with Gasteiger partial charge < -0.3 is 4.74 Å². The van der Waals surface area contributed by atoms with Crippen LogP contribution in [0.15, 0.2) is 24.3 Å². The molecule has 2 aromatic rings. The van der Waals surface area contributed by atoms with E-state index in [-0.39, 0.29) is 0 Å². The van der Waals surface area contributed by atoms with Crippen molar-refractivity contribution >= 4 is 23.1 Å². The molecule has 182 valence electrons. The van der Waals surface area contributed by atoms with Crippen LogP contribution in [-0.4, -0.2) is 22.2 Å². The molecule has 0 unspecified atom stereocenters. The Bertz CT molecular complexity index is 1090. The van der Waals surface area contributed by atoms with Crippen molar-refractivity contribution in [1.82, 2.24) is 9.78 Å². The fourth-order valence-corrected chi connectivity index (χ4v) is 6.57. The molecule has 0 aliphatic heterocycles. The fourth-order valence-electron chi connectivity index (χ4n) is 6.39. The molecule has 2 saturated carbocycles. The topological polar surface area (TPSA) is 44.1 Å². The van der Waals surface area contributed by atoms with E-state index in [0.29, 0.717) is 43.1 Å². The van der Waals surface area contributed by atoms with E-state index in [1.54, 1.807) is 0 Å². The van der Waals surface area contributed by atoms with E-state index in [4.69, 9.17) is 21.4 Å². The number of hydrogen-bond donors (Lipinski definition) is 0. The number of carbonyl (C=O) groups is 1. The molecule has 0 radical (unpaired) electrons. The second-order valence-corrected chi connectivity index (χ2v) is 10.9. The summed E-state index contributed by atoms with van der Waals surface area (Å²) in [4.78, 5) is 13.0. The molecule has 0 saturated heterocycles. The normalized spacial score (nSPS) is 25.7. The predicted octanol–water partition coefficient (Wildman–Crippen LogP) is 7.23. The Morgan fingerprint density at radius 1 is 1.26 bits per heavy atom. The number of benzene rings is 1. The van der Waals surface area contributed by atoms with Crippen molar-refractivity contribution in [1.29, 1.82) is 0 Å². The number of hydrogen-bond acceptors (Lipinski definition) is 3. The smallest absolute Gasteiger partial charge is 0.154 e. The van der Waals surface area contributed by atoms with Crippen LogP contribution < -0.4 is 0 Å². The number of fused-ring (bicyclic) bond motifs is 3. The predicted molar refractivity (Wildman–Crippen MR) is 137 cm³/mol. The van der Waals surface area contributed by atoms with E-state index in [1.165, 1.54) is 54.5 Å². The van der Waals surface area contributed by atoms with E-state index in [1.807, 2.05) is 30.7 Å². The van der Waals surface area contributed by atoms with Gasteiger partial charge >= 0.3 is 0 Å². The fraction of sp³-hybridized carbons (Fsp3) is 0.586. The molecule has 1 heterocycles. The van der Waals surface area contributed by atoms with Crippen LogP contribution >= 0.6 is 11.6 Å². The zero-order valence-electron chi connectivity index (χ0n) is 20.8. The summed E-state index contributed by atoms with van der Waals surface area (Å²) < 4.78 is 7.86. The Labute approximate surface area is 208 Å².